The number of rotatable bonds is 8. The first-order valence-corrected chi connectivity index (χ1v) is 19.7. The van der Waals surface area contributed by atoms with Crippen LogP contribution in [0.3, 0.4) is 0 Å². The van der Waals surface area contributed by atoms with Crippen molar-refractivity contribution >= 4 is 28.3 Å². The van der Waals surface area contributed by atoms with E-state index in [2.05, 4.69) is 96.8 Å². The Bertz CT molecular complexity index is 1700. The maximum atomic E-state index is 4.91. The molecule has 4 fully saturated rings. The summed E-state index contributed by atoms with van der Waals surface area (Å²) in [7, 11) is 2.84. The first-order chi connectivity index (χ1) is 22.8. The number of benzene rings is 2. The number of hydrogen-bond acceptors (Lipinski definition) is 4. The lowest BCUT2D eigenvalue weighted by Gasteiger charge is -2.59. The maximum Gasteiger partial charge on any atom is 0.149 e. The Kier molecular flexibility index (Phi) is 8.26. The highest BCUT2D eigenvalue weighted by Gasteiger charge is 2.54. The van der Waals surface area contributed by atoms with E-state index in [4.69, 9.17) is 19.9 Å². The molecule has 0 amide bonds. The molecular formula is C41H46N4P2. The second kappa shape index (κ2) is 12.4. The molecule has 6 heteroatoms. The fraction of sp³-hybridized carbons (Fsp3) is 0.415. The van der Waals surface area contributed by atoms with E-state index in [1.54, 1.807) is 0 Å². The molecule has 3 atom stereocenters. The van der Waals surface area contributed by atoms with Gasteiger partial charge >= 0.3 is 0 Å². The van der Waals surface area contributed by atoms with Crippen molar-refractivity contribution < 1.29 is 0 Å². The van der Waals surface area contributed by atoms with E-state index in [0.29, 0.717) is 0 Å². The van der Waals surface area contributed by atoms with E-state index < -0.39 is 5.16 Å². The van der Waals surface area contributed by atoms with Gasteiger partial charge in [0.05, 0.1) is 0 Å². The smallest absolute Gasteiger partial charge is 0.149 e. The fourth-order valence-corrected chi connectivity index (χ4v) is 14.4. The van der Waals surface area contributed by atoms with Crippen LogP contribution in [0.1, 0.15) is 75.7 Å². The molecule has 4 saturated carbocycles. The fourth-order valence-electron chi connectivity index (χ4n) is 9.89. The van der Waals surface area contributed by atoms with E-state index in [1.165, 1.54) is 60.0 Å². The third-order valence-corrected chi connectivity index (χ3v) is 16.4. The monoisotopic (exact) mass is 656 g/mol. The zero-order valence-electron chi connectivity index (χ0n) is 27.8. The van der Waals surface area contributed by atoms with Crippen LogP contribution < -0.4 is 0 Å². The molecule has 0 radical (unpaired) electrons. The Morgan fingerprint density at radius 1 is 0.660 bits per heavy atom. The van der Waals surface area contributed by atoms with Gasteiger partial charge in [-0.1, -0.05) is 95.4 Å². The molecule has 0 aliphatic heterocycles. The molecule has 3 unspecified atom stereocenters. The van der Waals surface area contributed by atoms with Gasteiger partial charge in [0.1, 0.15) is 16.8 Å². The summed E-state index contributed by atoms with van der Waals surface area (Å²) in [5, 5.41) is -0.555. The summed E-state index contributed by atoms with van der Waals surface area (Å²) in [4.78, 5) is 19.7. The minimum Gasteiger partial charge on any atom is -0.240 e. The van der Waals surface area contributed by atoms with Crippen LogP contribution in [0.4, 0.5) is 0 Å². The molecule has 4 nitrogen and oxygen atoms in total. The zero-order chi connectivity index (χ0) is 32.2. The molecule has 9 rings (SSSR count). The van der Waals surface area contributed by atoms with Crippen molar-refractivity contribution in [3.05, 3.63) is 132 Å². The third kappa shape index (κ3) is 5.64. The summed E-state index contributed by atoms with van der Waals surface area (Å²) in [6, 6.07) is 25.9. The topological polar surface area (TPSA) is 51.6 Å². The molecule has 4 aromatic rings. The molecule has 240 valence electrons. The van der Waals surface area contributed by atoms with E-state index in [1.807, 2.05) is 36.9 Å². The average Bonchev–Trinajstić information content (AvgIpc) is 3.48. The van der Waals surface area contributed by atoms with Gasteiger partial charge in [0.25, 0.3) is 0 Å². The highest BCUT2D eigenvalue weighted by atomic mass is 31.1. The van der Waals surface area contributed by atoms with E-state index >= 15 is 0 Å². The van der Waals surface area contributed by atoms with Crippen molar-refractivity contribution in [2.24, 2.45) is 29.6 Å². The summed E-state index contributed by atoms with van der Waals surface area (Å²) in [6.07, 6.45) is 18.4. The van der Waals surface area contributed by atoms with Gasteiger partial charge in [0, 0.05) is 30.7 Å². The zero-order valence-corrected chi connectivity index (χ0v) is 29.9. The second-order valence-electron chi connectivity index (χ2n) is 15.4. The lowest BCUT2D eigenvalue weighted by atomic mass is 9.56. The van der Waals surface area contributed by atoms with Crippen molar-refractivity contribution in [1.29, 1.82) is 0 Å². The molecule has 47 heavy (non-hydrogen) atoms. The number of aromatic nitrogens is 4. The highest BCUT2D eigenvalue weighted by Crippen LogP contribution is 2.69. The van der Waals surface area contributed by atoms with E-state index in [0.717, 1.165) is 47.1 Å². The van der Waals surface area contributed by atoms with Crippen molar-refractivity contribution in [3.63, 3.8) is 0 Å². The summed E-state index contributed by atoms with van der Waals surface area (Å²) in [5.74, 6) is 5.34. The van der Waals surface area contributed by atoms with Crippen LogP contribution in [0.15, 0.2) is 109 Å². The number of hydrogen-bond donors (Lipinski definition) is 0. The van der Waals surface area contributed by atoms with Crippen molar-refractivity contribution in [1.82, 2.24) is 19.9 Å². The van der Waals surface area contributed by atoms with Crippen LogP contribution in [0, 0.1) is 29.6 Å². The van der Waals surface area contributed by atoms with E-state index in [9.17, 15) is 0 Å². The van der Waals surface area contributed by atoms with Gasteiger partial charge in [-0.05, 0) is 113 Å². The van der Waals surface area contributed by atoms with Crippen LogP contribution in [0.25, 0.3) is 11.1 Å². The Hall–Kier alpha value is -3.06. The number of nitrogens with zero attached hydrogens (tertiary/aromatic N) is 4. The standard InChI is InChI=1S/C41H46N4P2/c1-40(2,3)47(37-31-21-27-20-28(23-31)24-32(37)22-27)26-34-35(41(46,38-42-16-10-17-43-38)39-44-18-11-19-45-39)25-33(29-12-6-4-7-13-29)36(34)30-14-8-5-9-15-30/h4-19,25,27-28,31-32,34,37H,20-24,26,46H2,1-3H3. The van der Waals surface area contributed by atoms with Gasteiger partial charge in [-0.15, -0.1) is 9.24 Å². The molecule has 0 spiro atoms. The highest BCUT2D eigenvalue weighted by molar-refractivity contribution is 7.60. The molecule has 5 aliphatic carbocycles. The minimum atomic E-state index is -0.785. The van der Waals surface area contributed by atoms with Gasteiger partial charge in [0.2, 0.25) is 0 Å². The van der Waals surface area contributed by atoms with Crippen LogP contribution in [-0.4, -0.2) is 36.9 Å². The van der Waals surface area contributed by atoms with Crippen molar-refractivity contribution in [3.8, 4) is 0 Å². The molecule has 2 aromatic carbocycles. The Labute approximate surface area is 284 Å². The second-order valence-corrected chi connectivity index (χ2v) is 19.5. The lowest BCUT2D eigenvalue weighted by molar-refractivity contribution is 0.0242. The predicted molar refractivity (Wildman–Crippen MR) is 198 cm³/mol. The van der Waals surface area contributed by atoms with Crippen molar-refractivity contribution in [2.75, 3.05) is 6.16 Å². The molecule has 0 N–H and O–H groups in total. The lowest BCUT2D eigenvalue weighted by Crippen LogP contribution is -2.49. The van der Waals surface area contributed by atoms with Gasteiger partial charge in [-0.25, -0.2) is 19.9 Å². The van der Waals surface area contributed by atoms with Crippen molar-refractivity contribution in [2.45, 2.75) is 68.8 Å². The van der Waals surface area contributed by atoms with Gasteiger partial charge in [0.15, 0.2) is 0 Å². The van der Waals surface area contributed by atoms with Crippen LogP contribution >= 0.6 is 17.2 Å². The predicted octanol–water partition coefficient (Wildman–Crippen LogP) is 9.66. The van der Waals surface area contributed by atoms with Gasteiger partial charge in [-0.2, -0.15) is 0 Å². The first-order valence-electron chi connectivity index (χ1n) is 17.5. The first kappa shape index (κ1) is 31.2. The molecular weight excluding hydrogens is 610 g/mol. The average molecular weight is 657 g/mol. The molecule has 2 aromatic heterocycles. The maximum absolute atomic E-state index is 4.91. The summed E-state index contributed by atoms with van der Waals surface area (Å²) in [5.41, 5.74) is 7.38. The van der Waals surface area contributed by atoms with E-state index in [-0.39, 0.29) is 19.0 Å². The summed E-state index contributed by atoms with van der Waals surface area (Å²) in [6.45, 7) is 7.63. The molecule has 0 saturated heterocycles. The molecule has 2 heterocycles. The molecule has 5 aliphatic rings. The van der Waals surface area contributed by atoms with Gasteiger partial charge in [-0.3, -0.25) is 0 Å². The normalized spacial score (nSPS) is 27.6. The summed E-state index contributed by atoms with van der Waals surface area (Å²) < 4.78 is 0. The SMILES string of the molecule is CC(C)(C)P(CC1C(C(P)(c2ncccn2)c2ncccn2)=CC(c2ccccc2)=C1c1ccccc1)C1C2CC3CC(C2)CC1C3. The van der Waals surface area contributed by atoms with Gasteiger partial charge < -0.3 is 0 Å². The molecule has 4 bridgehead atoms. The quantitative estimate of drug-likeness (QED) is 0.177. The third-order valence-electron chi connectivity index (χ3n) is 11.6. The number of allylic oxidation sites excluding steroid dienone is 4. The minimum absolute atomic E-state index is 0.167. The Morgan fingerprint density at radius 3 is 1.64 bits per heavy atom. The Morgan fingerprint density at radius 2 is 1.15 bits per heavy atom. The summed E-state index contributed by atoms with van der Waals surface area (Å²) >= 11 is 0. The largest absolute Gasteiger partial charge is 0.240 e. The Balaban J connectivity index is 1.34. The van der Waals surface area contributed by atoms with Crippen LogP contribution in [0.2, 0.25) is 0 Å². The van der Waals surface area contributed by atoms with Crippen LogP contribution in [0.5, 0.6) is 0 Å². The van der Waals surface area contributed by atoms with Crippen LogP contribution in [-0.2, 0) is 5.16 Å².